The second kappa shape index (κ2) is 2.01. The van der Waals surface area contributed by atoms with E-state index < -0.39 is 0 Å². The molecule has 2 atom stereocenters. The molecule has 0 aromatic heterocycles. The number of hydrogen-bond acceptors (Lipinski definition) is 0. The summed E-state index contributed by atoms with van der Waals surface area (Å²) < 4.78 is 0. The van der Waals surface area contributed by atoms with Crippen LogP contribution < -0.4 is 0 Å². The van der Waals surface area contributed by atoms with Gasteiger partial charge in [-0.25, -0.2) is 0 Å². The minimum atomic E-state index is 0.866. The maximum Gasteiger partial charge on any atom is -0.00869 e. The van der Waals surface area contributed by atoms with Crippen LogP contribution in [-0.4, -0.2) is 0 Å². The molecule has 1 aromatic carbocycles. The van der Waals surface area contributed by atoms with Crippen LogP contribution in [0.15, 0.2) is 24.3 Å². The van der Waals surface area contributed by atoms with Gasteiger partial charge in [-0.2, -0.15) is 0 Å². The fourth-order valence-electron chi connectivity index (χ4n) is 2.19. The summed E-state index contributed by atoms with van der Waals surface area (Å²) in [7, 11) is 0. The van der Waals surface area contributed by atoms with E-state index in [4.69, 9.17) is 0 Å². The molecule has 1 aromatic rings. The van der Waals surface area contributed by atoms with Crippen LogP contribution in [0, 0.1) is 12.8 Å². The molecular weight excluding hydrogens is 144 g/mol. The van der Waals surface area contributed by atoms with E-state index in [1.54, 1.807) is 5.56 Å². The maximum atomic E-state index is 2.37. The molecule has 1 saturated carbocycles. The van der Waals surface area contributed by atoms with Crippen molar-refractivity contribution < 1.29 is 0 Å². The molecule has 0 aliphatic heterocycles. The Balaban J connectivity index is 2.21. The van der Waals surface area contributed by atoms with Crippen LogP contribution in [0.5, 0.6) is 0 Å². The third-order valence-electron chi connectivity index (χ3n) is 3.00. The number of rotatable bonds is 0. The average Bonchev–Trinajstić information content (AvgIpc) is 2.82. The van der Waals surface area contributed by atoms with E-state index in [0.29, 0.717) is 0 Å². The van der Waals surface area contributed by atoms with Gasteiger partial charge in [-0.1, -0.05) is 35.9 Å². The second-order valence-electron chi connectivity index (χ2n) is 4.00. The Morgan fingerprint density at radius 3 is 3.17 bits per heavy atom. The van der Waals surface area contributed by atoms with Crippen molar-refractivity contribution in [2.24, 2.45) is 5.92 Å². The first-order chi connectivity index (χ1) is 5.84. The van der Waals surface area contributed by atoms with Crippen LogP contribution in [0.2, 0.25) is 0 Å². The SMILES string of the molecule is Cc1ccc2c(c1)C=C[C@H]1CC21. The Kier molecular flexibility index (Phi) is 1.08. The first kappa shape index (κ1) is 6.47. The molecule has 0 nitrogen and oxygen atoms in total. The zero-order valence-corrected chi connectivity index (χ0v) is 7.25. The maximum absolute atomic E-state index is 2.37. The molecule has 12 heavy (non-hydrogen) atoms. The highest BCUT2D eigenvalue weighted by Crippen LogP contribution is 2.52. The fraction of sp³-hybridized carbons (Fsp3) is 0.333. The van der Waals surface area contributed by atoms with Crippen molar-refractivity contribution in [1.82, 2.24) is 0 Å². The zero-order valence-electron chi connectivity index (χ0n) is 7.25. The lowest BCUT2D eigenvalue weighted by Crippen LogP contribution is -1.92. The molecule has 3 rings (SSSR count). The van der Waals surface area contributed by atoms with E-state index in [1.165, 1.54) is 17.5 Å². The topological polar surface area (TPSA) is 0 Å². The molecule has 0 spiro atoms. The quantitative estimate of drug-likeness (QED) is 0.541. The van der Waals surface area contributed by atoms with Crippen molar-refractivity contribution in [3.63, 3.8) is 0 Å². The minimum absolute atomic E-state index is 0.866. The van der Waals surface area contributed by atoms with Gasteiger partial charge < -0.3 is 0 Å². The molecule has 2 aliphatic rings. The van der Waals surface area contributed by atoms with E-state index in [1.807, 2.05) is 0 Å². The van der Waals surface area contributed by atoms with Gasteiger partial charge in [-0.3, -0.25) is 0 Å². The lowest BCUT2D eigenvalue weighted by Gasteiger charge is -2.09. The molecule has 2 aliphatic carbocycles. The molecule has 0 bridgehead atoms. The summed E-state index contributed by atoms with van der Waals surface area (Å²) in [6.45, 7) is 2.16. The normalized spacial score (nSPS) is 29.4. The minimum Gasteiger partial charge on any atom is -0.0802 e. The lowest BCUT2D eigenvalue weighted by molar-refractivity contribution is 0.994. The third kappa shape index (κ3) is 0.781. The fourth-order valence-corrected chi connectivity index (χ4v) is 2.19. The summed E-state index contributed by atoms with van der Waals surface area (Å²) in [6.07, 6.45) is 6.04. The predicted octanol–water partition coefficient (Wildman–Crippen LogP) is 3.13. The Bertz CT molecular complexity index is 360. The number of benzene rings is 1. The molecule has 0 amide bonds. The highest BCUT2D eigenvalue weighted by molar-refractivity contribution is 5.61. The summed E-state index contributed by atoms with van der Waals surface area (Å²) in [5.74, 6) is 1.74. The zero-order chi connectivity index (χ0) is 8.13. The average molecular weight is 156 g/mol. The van der Waals surface area contributed by atoms with Gasteiger partial charge in [0.25, 0.3) is 0 Å². The standard InChI is InChI=1S/C12H12/c1-8-2-5-11-9(6-8)3-4-10-7-12(10)11/h2-6,10,12H,7H2,1H3/t10-,12?/m0/s1. The van der Waals surface area contributed by atoms with Crippen molar-refractivity contribution in [3.8, 4) is 0 Å². The highest BCUT2D eigenvalue weighted by atomic mass is 14.4. The van der Waals surface area contributed by atoms with Gasteiger partial charge in [0.15, 0.2) is 0 Å². The van der Waals surface area contributed by atoms with Gasteiger partial charge in [0.2, 0.25) is 0 Å². The van der Waals surface area contributed by atoms with Crippen molar-refractivity contribution in [1.29, 1.82) is 0 Å². The molecule has 1 fully saturated rings. The molecule has 60 valence electrons. The third-order valence-corrected chi connectivity index (χ3v) is 3.00. The molecule has 0 heterocycles. The van der Waals surface area contributed by atoms with Crippen molar-refractivity contribution in [2.75, 3.05) is 0 Å². The summed E-state index contributed by atoms with van der Waals surface area (Å²) in [5.41, 5.74) is 4.40. The summed E-state index contributed by atoms with van der Waals surface area (Å²) in [5, 5.41) is 0. The van der Waals surface area contributed by atoms with E-state index >= 15 is 0 Å². The first-order valence-electron chi connectivity index (χ1n) is 4.63. The van der Waals surface area contributed by atoms with E-state index in [-0.39, 0.29) is 0 Å². The van der Waals surface area contributed by atoms with Gasteiger partial charge >= 0.3 is 0 Å². The van der Waals surface area contributed by atoms with Gasteiger partial charge in [0.05, 0.1) is 0 Å². The monoisotopic (exact) mass is 156 g/mol. The Morgan fingerprint density at radius 1 is 1.33 bits per heavy atom. The Hall–Kier alpha value is -1.04. The molecular formula is C12H12. The number of aryl methyl sites for hydroxylation is 1. The largest absolute Gasteiger partial charge is 0.0802 e. The smallest absolute Gasteiger partial charge is 0.00869 e. The molecule has 0 saturated heterocycles. The number of allylic oxidation sites excluding steroid dienone is 1. The van der Waals surface area contributed by atoms with Gasteiger partial charge in [0.1, 0.15) is 0 Å². The van der Waals surface area contributed by atoms with Crippen molar-refractivity contribution in [2.45, 2.75) is 19.3 Å². The second-order valence-corrected chi connectivity index (χ2v) is 4.00. The lowest BCUT2D eigenvalue weighted by atomic mass is 9.96. The van der Waals surface area contributed by atoms with Crippen LogP contribution in [-0.2, 0) is 0 Å². The molecule has 0 radical (unpaired) electrons. The number of hydrogen-bond donors (Lipinski definition) is 0. The highest BCUT2D eigenvalue weighted by Gasteiger charge is 2.39. The van der Waals surface area contributed by atoms with Crippen LogP contribution in [0.25, 0.3) is 6.08 Å². The van der Waals surface area contributed by atoms with Crippen molar-refractivity contribution >= 4 is 6.08 Å². The molecule has 0 N–H and O–H groups in total. The summed E-state index contributed by atoms with van der Waals surface area (Å²) >= 11 is 0. The van der Waals surface area contributed by atoms with E-state index in [9.17, 15) is 0 Å². The van der Waals surface area contributed by atoms with Crippen LogP contribution in [0.4, 0.5) is 0 Å². The van der Waals surface area contributed by atoms with Crippen LogP contribution >= 0.6 is 0 Å². The van der Waals surface area contributed by atoms with Gasteiger partial charge in [-0.15, -0.1) is 0 Å². The van der Waals surface area contributed by atoms with E-state index in [2.05, 4.69) is 37.3 Å². The van der Waals surface area contributed by atoms with Gasteiger partial charge in [0, 0.05) is 0 Å². The Morgan fingerprint density at radius 2 is 2.25 bits per heavy atom. The molecule has 0 heteroatoms. The van der Waals surface area contributed by atoms with Crippen LogP contribution in [0.1, 0.15) is 29.0 Å². The first-order valence-corrected chi connectivity index (χ1v) is 4.63. The van der Waals surface area contributed by atoms with E-state index in [0.717, 1.165) is 11.8 Å². The molecule has 1 unspecified atom stereocenters. The Labute approximate surface area is 72.9 Å². The van der Waals surface area contributed by atoms with Gasteiger partial charge in [-0.05, 0) is 36.3 Å². The number of fused-ring (bicyclic) bond motifs is 3. The van der Waals surface area contributed by atoms with Crippen molar-refractivity contribution in [3.05, 3.63) is 41.0 Å². The predicted molar refractivity (Wildman–Crippen MR) is 51.1 cm³/mol. The van der Waals surface area contributed by atoms with Crippen LogP contribution in [0.3, 0.4) is 0 Å². The summed E-state index contributed by atoms with van der Waals surface area (Å²) in [4.78, 5) is 0. The summed E-state index contributed by atoms with van der Waals surface area (Å²) in [6, 6.07) is 6.83.